The fraction of sp³-hybridized carbons (Fsp3) is 0.519. The molecule has 0 fully saturated rings. The summed E-state index contributed by atoms with van der Waals surface area (Å²) in [5, 5.41) is 5.54. The van der Waals surface area contributed by atoms with Gasteiger partial charge in [0.2, 0.25) is 0 Å². The van der Waals surface area contributed by atoms with E-state index in [9.17, 15) is 65.9 Å². The number of hydrogen-bond acceptors (Lipinski definition) is 7. The molecule has 0 atom stereocenters. The van der Waals surface area contributed by atoms with Crippen molar-refractivity contribution in [2.75, 3.05) is 44.6 Å². The molecule has 0 spiro atoms. The molecule has 0 radical (unpaired) electrons. The van der Waals surface area contributed by atoms with Gasteiger partial charge in [-0.3, -0.25) is 4.79 Å². The highest BCUT2D eigenvalue weighted by Crippen LogP contribution is 2.38. The number of amides is 1. The van der Waals surface area contributed by atoms with Crippen LogP contribution in [-0.4, -0.2) is 82.5 Å². The molecule has 0 saturated carbocycles. The minimum atomic E-state index is -6.02. The van der Waals surface area contributed by atoms with E-state index < -0.39 is 70.5 Å². The van der Waals surface area contributed by atoms with Gasteiger partial charge in [0.05, 0.1) is 22.3 Å². The maximum atomic E-state index is 12.6. The van der Waals surface area contributed by atoms with Crippen molar-refractivity contribution in [1.29, 1.82) is 0 Å². The summed E-state index contributed by atoms with van der Waals surface area (Å²) in [6.45, 7) is -1.53. The first-order valence-corrected chi connectivity index (χ1v) is 16.2. The standard InChI is InChI=1S/C13H10ClF6NO4S.C12H14ClF3N2.C2H4F3N/c14-9-2-1-7-3-5-21(11(22)12(15,16)17)6-4-8(7)10(9)25-26(23,24)13(18,19)20;13-10-2-1-8-3-5-17-6-4-9(8)11(10)18-7-12(14,15)16;3-2(4,5)1-6/h1-2H,3-6H2;1-2,17-18H,3-7H2;1,6H2. The van der Waals surface area contributed by atoms with Gasteiger partial charge in [0.1, 0.15) is 6.54 Å². The van der Waals surface area contributed by atoms with Crippen LogP contribution < -0.4 is 20.6 Å². The van der Waals surface area contributed by atoms with Gasteiger partial charge in [0, 0.05) is 18.7 Å². The zero-order valence-electron chi connectivity index (χ0n) is 25.2. The predicted octanol–water partition coefficient (Wildman–Crippen LogP) is 6.57. The average Bonchev–Trinajstić information content (AvgIpc) is 3.35. The number of nitrogens with one attached hydrogen (secondary N) is 2. The number of hydrogen-bond donors (Lipinski definition) is 3. The highest BCUT2D eigenvalue weighted by atomic mass is 35.5. The van der Waals surface area contributed by atoms with Crippen molar-refractivity contribution < 1.29 is 70.1 Å². The predicted molar refractivity (Wildman–Crippen MR) is 158 cm³/mol. The van der Waals surface area contributed by atoms with E-state index >= 15 is 0 Å². The molecule has 2 aliphatic heterocycles. The molecule has 4 rings (SSSR count). The molecular formula is C27H28Cl2F12N4O4S. The van der Waals surface area contributed by atoms with Crippen molar-refractivity contribution in [3.63, 3.8) is 0 Å². The van der Waals surface area contributed by atoms with E-state index in [0.717, 1.165) is 36.7 Å². The Morgan fingerprint density at radius 3 is 1.84 bits per heavy atom. The van der Waals surface area contributed by atoms with Gasteiger partial charge < -0.3 is 25.5 Å². The van der Waals surface area contributed by atoms with E-state index in [4.69, 9.17) is 23.2 Å². The molecule has 50 heavy (non-hydrogen) atoms. The van der Waals surface area contributed by atoms with Crippen LogP contribution in [0.1, 0.15) is 22.3 Å². The summed E-state index contributed by atoms with van der Waals surface area (Å²) in [5.74, 6) is -2.90. The Labute approximate surface area is 287 Å². The number of carbonyl (C=O) groups excluding carboxylic acids is 1. The van der Waals surface area contributed by atoms with E-state index in [-0.39, 0.29) is 30.5 Å². The smallest absolute Gasteiger partial charge is 0.375 e. The SMILES string of the molecule is FC(F)(F)CNc1c(Cl)ccc2c1CCNCC2.NCC(F)(F)F.O=C(N1CCc2ccc(Cl)c(OS(=O)(=O)C(F)(F)F)c2CC1)C(F)(F)F. The van der Waals surface area contributed by atoms with E-state index in [2.05, 4.69) is 20.6 Å². The molecule has 2 heterocycles. The Hall–Kier alpha value is -2.88. The van der Waals surface area contributed by atoms with Crippen LogP contribution in [0.25, 0.3) is 0 Å². The molecular weight excluding hydrogens is 775 g/mol. The molecule has 8 nitrogen and oxygen atoms in total. The summed E-state index contributed by atoms with van der Waals surface area (Å²) >= 11 is 11.7. The number of carbonyl (C=O) groups is 1. The number of benzene rings is 2. The van der Waals surface area contributed by atoms with E-state index in [1.807, 2.05) is 6.07 Å². The number of fused-ring (bicyclic) bond motifs is 2. The lowest BCUT2D eigenvalue weighted by Crippen LogP contribution is -2.42. The number of nitrogens with zero attached hydrogens (tertiary/aromatic N) is 1. The van der Waals surface area contributed by atoms with Gasteiger partial charge in [-0.15, -0.1) is 0 Å². The van der Waals surface area contributed by atoms with E-state index in [0.29, 0.717) is 22.0 Å². The summed E-state index contributed by atoms with van der Waals surface area (Å²) in [6, 6.07) is 5.95. The minimum absolute atomic E-state index is 0.0946. The topological polar surface area (TPSA) is 114 Å². The Morgan fingerprint density at radius 2 is 1.32 bits per heavy atom. The van der Waals surface area contributed by atoms with Crippen LogP contribution in [0, 0.1) is 0 Å². The van der Waals surface area contributed by atoms with Gasteiger partial charge in [-0.25, -0.2) is 0 Å². The summed E-state index contributed by atoms with van der Waals surface area (Å²) in [7, 11) is -6.02. The van der Waals surface area contributed by atoms with E-state index in [1.54, 1.807) is 6.07 Å². The second-order valence-electron chi connectivity index (χ2n) is 10.4. The number of anilines is 1. The molecule has 0 unspecified atom stereocenters. The van der Waals surface area contributed by atoms with Gasteiger partial charge in [-0.1, -0.05) is 35.3 Å². The van der Waals surface area contributed by atoms with Gasteiger partial charge in [-0.2, -0.15) is 61.1 Å². The molecule has 0 aliphatic carbocycles. The van der Waals surface area contributed by atoms with Crippen molar-refractivity contribution >= 4 is 44.9 Å². The summed E-state index contributed by atoms with van der Waals surface area (Å²) in [4.78, 5) is 11.8. The molecule has 284 valence electrons. The Morgan fingerprint density at radius 1 is 0.800 bits per heavy atom. The number of alkyl halides is 12. The molecule has 2 aromatic rings. The maximum Gasteiger partial charge on any atom is 0.534 e. The molecule has 23 heteroatoms. The summed E-state index contributed by atoms with van der Waals surface area (Å²) in [5.41, 5.74) is 1.00. The van der Waals surface area contributed by atoms with Crippen molar-refractivity contribution in [3.8, 4) is 5.75 Å². The highest BCUT2D eigenvalue weighted by molar-refractivity contribution is 7.88. The minimum Gasteiger partial charge on any atom is -0.375 e. The number of nitrogens with two attached hydrogens (primary N) is 1. The largest absolute Gasteiger partial charge is 0.534 e. The Kier molecular flexibility index (Phi) is 14.8. The Bertz CT molecular complexity index is 1580. The van der Waals surface area contributed by atoms with E-state index in [1.165, 1.54) is 6.07 Å². The number of halogens is 14. The average molecular weight is 803 g/mol. The third-order valence-electron chi connectivity index (χ3n) is 6.78. The van der Waals surface area contributed by atoms with Crippen LogP contribution in [0.5, 0.6) is 5.75 Å². The van der Waals surface area contributed by atoms with Crippen molar-refractivity contribution in [2.24, 2.45) is 5.73 Å². The summed E-state index contributed by atoms with van der Waals surface area (Å²) in [6.07, 6.45) is -12.5. The van der Waals surface area contributed by atoms with Crippen molar-refractivity contribution in [1.82, 2.24) is 10.2 Å². The van der Waals surface area contributed by atoms with Crippen molar-refractivity contribution in [3.05, 3.63) is 56.6 Å². The lowest BCUT2D eigenvalue weighted by Gasteiger charge is -2.21. The van der Waals surface area contributed by atoms with Crippen molar-refractivity contribution in [2.45, 2.75) is 49.7 Å². The van der Waals surface area contributed by atoms with Gasteiger partial charge in [0.25, 0.3) is 0 Å². The fourth-order valence-corrected chi connectivity index (χ4v) is 5.52. The lowest BCUT2D eigenvalue weighted by molar-refractivity contribution is -0.185. The number of rotatable bonds is 4. The van der Waals surface area contributed by atoms with Crippen LogP contribution in [-0.2, 0) is 40.6 Å². The maximum absolute atomic E-state index is 12.6. The van der Waals surface area contributed by atoms with Crippen LogP contribution in [0.2, 0.25) is 10.0 Å². The second kappa shape index (κ2) is 17.1. The Balaban J connectivity index is 0.000000312. The second-order valence-corrected chi connectivity index (χ2v) is 12.7. The fourth-order valence-electron chi connectivity index (χ4n) is 4.52. The molecule has 0 aromatic heterocycles. The highest BCUT2D eigenvalue weighted by Gasteiger charge is 2.49. The van der Waals surface area contributed by atoms with Crippen LogP contribution in [0.3, 0.4) is 0 Å². The lowest BCUT2D eigenvalue weighted by atomic mass is 10.0. The molecule has 0 bridgehead atoms. The van der Waals surface area contributed by atoms with Crippen LogP contribution in [0.4, 0.5) is 58.4 Å². The monoisotopic (exact) mass is 802 g/mol. The first-order chi connectivity index (χ1) is 22.8. The third kappa shape index (κ3) is 13.0. The molecule has 2 aromatic carbocycles. The molecule has 1 amide bonds. The molecule has 4 N–H and O–H groups in total. The normalized spacial score (nSPS) is 15.5. The zero-order valence-corrected chi connectivity index (χ0v) is 27.6. The summed E-state index contributed by atoms with van der Waals surface area (Å²) < 4.78 is 171. The quantitative estimate of drug-likeness (QED) is 0.182. The van der Waals surface area contributed by atoms with Gasteiger partial charge in [0.15, 0.2) is 5.75 Å². The first-order valence-electron chi connectivity index (χ1n) is 14.0. The van der Waals surface area contributed by atoms with Crippen LogP contribution in [0.15, 0.2) is 24.3 Å². The first kappa shape index (κ1) is 43.3. The van der Waals surface area contributed by atoms with Gasteiger partial charge in [-0.05, 0) is 67.6 Å². The zero-order chi connectivity index (χ0) is 38.3. The molecule has 0 saturated heterocycles. The third-order valence-corrected chi connectivity index (χ3v) is 8.34. The molecule has 2 aliphatic rings. The van der Waals surface area contributed by atoms with Crippen LogP contribution >= 0.6 is 23.2 Å². The van der Waals surface area contributed by atoms with Gasteiger partial charge >= 0.3 is 40.1 Å².